The van der Waals surface area contributed by atoms with Crippen LogP contribution in [0.2, 0.25) is 0 Å². The average Bonchev–Trinajstić information content (AvgIpc) is 2.57. The van der Waals surface area contributed by atoms with E-state index >= 15 is 0 Å². The fraction of sp³-hybridized carbons (Fsp3) is 0.385. The van der Waals surface area contributed by atoms with Crippen LogP contribution in [0.4, 0.5) is 0 Å². The number of aryl methyl sites for hydroxylation is 4. The molecule has 0 aliphatic heterocycles. The summed E-state index contributed by atoms with van der Waals surface area (Å²) in [7, 11) is 1.81. The Morgan fingerprint density at radius 1 is 1.22 bits per heavy atom. The molecule has 0 aliphatic rings. The third-order valence-corrected chi connectivity index (χ3v) is 2.76. The van der Waals surface area contributed by atoms with Gasteiger partial charge in [0.25, 0.3) is 0 Å². The van der Waals surface area contributed by atoms with Gasteiger partial charge in [-0.15, -0.1) is 0 Å². The van der Waals surface area contributed by atoms with Crippen LogP contribution in [-0.4, -0.2) is 19.9 Å². The van der Waals surface area contributed by atoms with Crippen LogP contribution in [-0.2, 0) is 13.7 Å². The van der Waals surface area contributed by atoms with Gasteiger partial charge in [0, 0.05) is 24.4 Å². The second kappa shape index (κ2) is 4.78. The van der Waals surface area contributed by atoms with Crippen LogP contribution in [0, 0.1) is 20.8 Å². The van der Waals surface area contributed by atoms with E-state index < -0.39 is 0 Å². The molecule has 0 radical (unpaired) electrons. The van der Waals surface area contributed by atoms with Gasteiger partial charge in [-0.3, -0.25) is 0 Å². The molecule has 96 valence electrons. The van der Waals surface area contributed by atoms with Crippen LogP contribution in [0.15, 0.2) is 12.1 Å². The van der Waals surface area contributed by atoms with Crippen LogP contribution in [0.25, 0.3) is 0 Å². The third kappa shape index (κ3) is 2.36. The lowest BCUT2D eigenvalue weighted by molar-refractivity contribution is 0.272. The van der Waals surface area contributed by atoms with Gasteiger partial charge in [-0.25, -0.2) is 9.67 Å². The average molecular weight is 247 g/mol. The molecule has 18 heavy (non-hydrogen) atoms. The fourth-order valence-corrected chi connectivity index (χ4v) is 1.89. The maximum atomic E-state index is 9.40. The minimum Gasteiger partial charge on any atom is -0.421 e. The van der Waals surface area contributed by atoms with Gasteiger partial charge in [0.2, 0.25) is 11.8 Å². The van der Waals surface area contributed by atoms with Crippen molar-refractivity contribution >= 4 is 0 Å². The van der Waals surface area contributed by atoms with Crippen molar-refractivity contribution in [3.63, 3.8) is 0 Å². The third-order valence-electron chi connectivity index (χ3n) is 2.76. The van der Waals surface area contributed by atoms with Crippen LogP contribution in [0.1, 0.15) is 22.5 Å². The molecule has 0 atom stereocenters. The van der Waals surface area contributed by atoms with Crippen molar-refractivity contribution in [3.8, 4) is 11.8 Å². The first kappa shape index (κ1) is 12.6. The Bertz CT molecular complexity index is 576. The zero-order chi connectivity index (χ0) is 13.3. The molecule has 0 amide bonds. The van der Waals surface area contributed by atoms with E-state index in [0.717, 1.165) is 17.0 Å². The predicted octanol–water partition coefficient (Wildman–Crippen LogP) is 2.02. The van der Waals surface area contributed by atoms with Crippen molar-refractivity contribution < 1.29 is 9.84 Å². The first-order valence-electron chi connectivity index (χ1n) is 5.77. The van der Waals surface area contributed by atoms with Crippen LogP contribution in [0.5, 0.6) is 11.8 Å². The van der Waals surface area contributed by atoms with Gasteiger partial charge in [0.15, 0.2) is 0 Å². The van der Waals surface area contributed by atoms with E-state index in [1.54, 1.807) is 4.68 Å². The van der Waals surface area contributed by atoms with Crippen LogP contribution < -0.4 is 4.74 Å². The molecule has 2 rings (SSSR count). The van der Waals surface area contributed by atoms with Crippen molar-refractivity contribution in [2.45, 2.75) is 27.4 Å². The van der Waals surface area contributed by atoms with Crippen molar-refractivity contribution in [2.75, 3.05) is 0 Å². The molecule has 0 aliphatic carbocycles. The molecule has 0 unspecified atom stereocenters. The van der Waals surface area contributed by atoms with Gasteiger partial charge in [0.1, 0.15) is 0 Å². The zero-order valence-corrected chi connectivity index (χ0v) is 11.1. The summed E-state index contributed by atoms with van der Waals surface area (Å²) in [6.07, 6.45) is 0. The normalized spacial score (nSPS) is 10.7. The molecule has 2 aromatic rings. The lowest BCUT2D eigenvalue weighted by Crippen LogP contribution is -2.02. The molecular weight excluding hydrogens is 230 g/mol. The quantitative estimate of drug-likeness (QED) is 0.901. The second-order valence-corrected chi connectivity index (χ2v) is 4.37. The maximum absolute atomic E-state index is 9.40. The van der Waals surface area contributed by atoms with Gasteiger partial charge >= 0.3 is 0 Å². The predicted molar refractivity (Wildman–Crippen MR) is 67.7 cm³/mol. The molecule has 2 aromatic heterocycles. The van der Waals surface area contributed by atoms with E-state index in [2.05, 4.69) is 10.1 Å². The molecule has 1 N–H and O–H groups in total. The van der Waals surface area contributed by atoms with Gasteiger partial charge < -0.3 is 9.84 Å². The summed E-state index contributed by atoms with van der Waals surface area (Å²) in [6.45, 7) is 5.64. The number of hydrogen-bond donors (Lipinski definition) is 1. The molecule has 0 saturated carbocycles. The van der Waals surface area contributed by atoms with Gasteiger partial charge in [-0.2, -0.15) is 5.10 Å². The molecule has 2 heterocycles. The number of hydrogen-bond acceptors (Lipinski definition) is 4. The molecule has 5 nitrogen and oxygen atoms in total. The van der Waals surface area contributed by atoms with E-state index in [0.29, 0.717) is 17.3 Å². The van der Waals surface area contributed by atoms with E-state index in [9.17, 15) is 5.11 Å². The molecule has 0 bridgehead atoms. The second-order valence-electron chi connectivity index (χ2n) is 4.37. The summed E-state index contributed by atoms with van der Waals surface area (Å²) in [6, 6.07) is 3.76. The highest BCUT2D eigenvalue weighted by molar-refractivity contribution is 5.37. The zero-order valence-electron chi connectivity index (χ0n) is 11.1. The van der Waals surface area contributed by atoms with Crippen LogP contribution >= 0.6 is 0 Å². The van der Waals surface area contributed by atoms with Crippen molar-refractivity contribution in [2.24, 2.45) is 7.05 Å². The topological polar surface area (TPSA) is 60.2 Å². The summed E-state index contributed by atoms with van der Waals surface area (Å²) in [5, 5.41) is 13.6. The lowest BCUT2D eigenvalue weighted by atomic mass is 10.1. The van der Waals surface area contributed by atoms with Gasteiger partial charge in [-0.1, -0.05) is 0 Å². The first-order chi connectivity index (χ1) is 8.51. The lowest BCUT2D eigenvalue weighted by Gasteiger charge is -2.11. The highest BCUT2D eigenvalue weighted by atomic mass is 16.5. The number of aromatic nitrogens is 3. The monoisotopic (exact) mass is 247 g/mol. The summed E-state index contributed by atoms with van der Waals surface area (Å²) in [5.41, 5.74) is 3.42. The maximum Gasteiger partial charge on any atom is 0.227 e. The van der Waals surface area contributed by atoms with E-state index in [4.69, 9.17) is 4.74 Å². The van der Waals surface area contributed by atoms with Crippen molar-refractivity contribution in [1.82, 2.24) is 14.8 Å². The number of pyridine rings is 1. The Balaban J connectivity index is 2.42. The van der Waals surface area contributed by atoms with E-state index in [1.165, 1.54) is 0 Å². The molecule has 0 spiro atoms. The summed E-state index contributed by atoms with van der Waals surface area (Å²) in [5.74, 6) is 1.05. The van der Waals surface area contributed by atoms with E-state index in [-0.39, 0.29) is 6.61 Å². The molecule has 0 aromatic carbocycles. The van der Waals surface area contributed by atoms with Crippen LogP contribution in [0.3, 0.4) is 0 Å². The highest BCUT2D eigenvalue weighted by Crippen LogP contribution is 2.26. The highest BCUT2D eigenvalue weighted by Gasteiger charge is 2.12. The van der Waals surface area contributed by atoms with Crippen molar-refractivity contribution in [3.05, 3.63) is 34.6 Å². The number of ether oxygens (including phenoxy) is 1. The number of aliphatic hydroxyl groups is 1. The minimum atomic E-state index is -0.0920. The van der Waals surface area contributed by atoms with Gasteiger partial charge in [-0.05, 0) is 32.4 Å². The smallest absolute Gasteiger partial charge is 0.227 e. The first-order valence-corrected chi connectivity index (χ1v) is 5.77. The minimum absolute atomic E-state index is 0.0920. The Kier molecular flexibility index (Phi) is 3.34. The molecule has 5 heteroatoms. The Morgan fingerprint density at radius 2 is 1.94 bits per heavy atom. The van der Waals surface area contributed by atoms with E-state index in [1.807, 2.05) is 40.0 Å². The Hall–Kier alpha value is -1.88. The molecular formula is C13H17N3O2. The summed E-state index contributed by atoms with van der Waals surface area (Å²) in [4.78, 5) is 4.33. The molecule has 0 fully saturated rings. The van der Waals surface area contributed by atoms with Crippen molar-refractivity contribution in [1.29, 1.82) is 0 Å². The fourth-order valence-electron chi connectivity index (χ4n) is 1.89. The summed E-state index contributed by atoms with van der Waals surface area (Å²) < 4.78 is 7.39. The SMILES string of the molecule is Cc1cc(C)c(CO)c(Oc2cc(C)nn2C)n1. The Labute approximate surface area is 106 Å². The largest absolute Gasteiger partial charge is 0.421 e. The number of nitrogens with zero attached hydrogens (tertiary/aromatic N) is 3. The van der Waals surface area contributed by atoms with Gasteiger partial charge in [0.05, 0.1) is 12.3 Å². The molecule has 0 saturated heterocycles. The number of rotatable bonds is 3. The summed E-state index contributed by atoms with van der Waals surface area (Å²) >= 11 is 0. The Morgan fingerprint density at radius 3 is 2.50 bits per heavy atom. The number of aliphatic hydroxyl groups excluding tert-OH is 1. The standard InChI is InChI=1S/C13H17N3O2/c1-8-5-9(2)14-13(11(8)7-17)18-12-6-10(3)15-16(12)4/h5-6,17H,7H2,1-4H3.